The van der Waals surface area contributed by atoms with E-state index in [-0.39, 0.29) is 51.9 Å². The molecule has 3 nitrogen and oxygen atoms in total. The summed E-state index contributed by atoms with van der Waals surface area (Å²) in [5.41, 5.74) is 4.05. The molecule has 0 aliphatic carbocycles. The molecule has 1 aromatic heterocycles. The lowest BCUT2D eigenvalue weighted by molar-refractivity contribution is 1.07. The number of benzene rings is 6. The van der Waals surface area contributed by atoms with Gasteiger partial charge < -0.3 is 0 Å². The van der Waals surface area contributed by atoms with Crippen molar-refractivity contribution in [1.29, 1.82) is 0 Å². The number of hydrogen-bond acceptors (Lipinski definition) is 3. The Morgan fingerprint density at radius 2 is 1.07 bits per heavy atom. The standard InChI is InChI=1S/C37H24ClN3/c38-32-19-10-17-29(23-32)34-24-31(22-28-15-7-8-20-33(28)34)37-40-35(26-13-5-2-6-14-26)39-36(41-37)30-18-9-16-27(21-30)25-11-3-1-4-12-25/h1-24H/i7D,8D,15D,20D,22D,24D. The second-order valence-electron chi connectivity index (χ2n) is 9.38. The average molecular weight is 552 g/mol. The molecule has 0 N–H and O–H groups in total. The van der Waals surface area contributed by atoms with Crippen LogP contribution in [0.5, 0.6) is 0 Å². The molecule has 1 heterocycles. The normalized spacial score (nSPS) is 13.1. The maximum atomic E-state index is 9.49. The Labute approximate surface area is 252 Å². The number of rotatable bonds is 5. The van der Waals surface area contributed by atoms with E-state index in [2.05, 4.69) is 0 Å². The first-order valence-electron chi connectivity index (χ1n) is 16.0. The van der Waals surface area contributed by atoms with Crippen LogP contribution in [0, 0.1) is 0 Å². The van der Waals surface area contributed by atoms with Gasteiger partial charge in [-0.05, 0) is 63.3 Å². The van der Waals surface area contributed by atoms with Crippen LogP contribution in [-0.4, -0.2) is 15.0 Å². The van der Waals surface area contributed by atoms with Gasteiger partial charge >= 0.3 is 0 Å². The van der Waals surface area contributed by atoms with Crippen LogP contribution in [0.3, 0.4) is 0 Å². The second kappa shape index (κ2) is 10.8. The molecule has 41 heavy (non-hydrogen) atoms. The summed E-state index contributed by atoms with van der Waals surface area (Å²) >= 11 is 6.37. The molecule has 0 atom stereocenters. The molecular formula is C37H24ClN3. The maximum absolute atomic E-state index is 9.49. The highest BCUT2D eigenvalue weighted by molar-refractivity contribution is 6.31. The van der Waals surface area contributed by atoms with Crippen LogP contribution in [0.4, 0.5) is 0 Å². The minimum absolute atomic E-state index is 0.0116. The Bertz CT molecular complexity index is 2330. The second-order valence-corrected chi connectivity index (χ2v) is 9.82. The molecule has 0 radical (unpaired) electrons. The third kappa shape index (κ3) is 5.11. The Kier molecular flexibility index (Phi) is 5.02. The molecule has 194 valence electrons. The molecule has 7 aromatic rings. The summed E-state index contributed by atoms with van der Waals surface area (Å²) in [4.78, 5) is 14.4. The van der Waals surface area contributed by atoms with Crippen LogP contribution in [0.2, 0.25) is 5.02 Å². The lowest BCUT2D eigenvalue weighted by Gasteiger charge is -2.13. The van der Waals surface area contributed by atoms with E-state index in [9.17, 15) is 2.74 Å². The fraction of sp³-hybridized carbons (Fsp3) is 0. The first-order valence-corrected chi connectivity index (χ1v) is 13.4. The lowest BCUT2D eigenvalue weighted by Crippen LogP contribution is -2.00. The number of aromatic nitrogens is 3. The van der Waals surface area contributed by atoms with Gasteiger partial charge in [-0.3, -0.25) is 0 Å². The summed E-state index contributed by atoms with van der Waals surface area (Å²) in [5, 5.41) is 0.413. The molecule has 0 saturated carbocycles. The maximum Gasteiger partial charge on any atom is 0.164 e. The quantitative estimate of drug-likeness (QED) is 0.213. The highest BCUT2D eigenvalue weighted by Gasteiger charge is 2.15. The van der Waals surface area contributed by atoms with Gasteiger partial charge in [0.05, 0.1) is 8.22 Å². The first-order chi connectivity index (χ1) is 22.7. The van der Waals surface area contributed by atoms with Crippen LogP contribution < -0.4 is 0 Å². The van der Waals surface area contributed by atoms with E-state index in [0.29, 0.717) is 33.4 Å². The van der Waals surface area contributed by atoms with Crippen LogP contribution in [0.1, 0.15) is 8.22 Å². The Morgan fingerprint density at radius 1 is 0.488 bits per heavy atom. The van der Waals surface area contributed by atoms with E-state index in [0.717, 1.165) is 11.1 Å². The fourth-order valence-electron chi connectivity index (χ4n) is 4.71. The minimum atomic E-state index is -0.476. The SMILES string of the molecule is [2H]c1c([2H])c([2H])c2c(-c3cccc(Cl)c3)c([2H])c(-c3nc(-c4ccccc4)nc(-c4cccc(-c5ccccc5)c4)n3)c([2H])c2c1[2H]. The summed E-state index contributed by atoms with van der Waals surface area (Å²) in [7, 11) is 0. The van der Waals surface area contributed by atoms with Gasteiger partial charge in [0, 0.05) is 21.7 Å². The summed E-state index contributed by atoms with van der Waals surface area (Å²) in [6, 6.07) is 31.7. The van der Waals surface area contributed by atoms with E-state index >= 15 is 0 Å². The summed E-state index contributed by atoms with van der Waals surface area (Å²) < 4.78 is 53.2. The fourth-order valence-corrected chi connectivity index (χ4v) is 4.90. The van der Waals surface area contributed by atoms with Crippen LogP contribution in [0.25, 0.3) is 67.2 Å². The summed E-state index contributed by atoms with van der Waals surface area (Å²) in [5.74, 6) is 0.685. The van der Waals surface area contributed by atoms with Gasteiger partial charge in [-0.1, -0.05) is 127 Å². The highest BCUT2D eigenvalue weighted by Crippen LogP contribution is 2.35. The van der Waals surface area contributed by atoms with Crippen LogP contribution in [0.15, 0.2) is 145 Å². The molecule has 0 aliphatic heterocycles. The highest BCUT2D eigenvalue weighted by atomic mass is 35.5. The van der Waals surface area contributed by atoms with Gasteiger partial charge in [0.1, 0.15) is 0 Å². The molecule has 0 saturated heterocycles. The summed E-state index contributed by atoms with van der Waals surface area (Å²) in [6.07, 6.45) is 0. The Morgan fingerprint density at radius 3 is 1.83 bits per heavy atom. The molecule has 7 rings (SSSR count). The van der Waals surface area contributed by atoms with Crippen molar-refractivity contribution in [2.75, 3.05) is 0 Å². The van der Waals surface area contributed by atoms with Crippen molar-refractivity contribution in [3.63, 3.8) is 0 Å². The Balaban J connectivity index is 1.57. The number of nitrogens with zero attached hydrogens (tertiary/aromatic N) is 3. The van der Waals surface area contributed by atoms with Crippen molar-refractivity contribution in [2.45, 2.75) is 0 Å². The van der Waals surface area contributed by atoms with Gasteiger partial charge in [-0.2, -0.15) is 0 Å². The minimum Gasteiger partial charge on any atom is -0.208 e. The predicted octanol–water partition coefficient (Wildman–Crippen LogP) is 10.0. The smallest absolute Gasteiger partial charge is 0.164 e. The average Bonchev–Trinajstić information content (AvgIpc) is 3.10. The molecule has 0 fully saturated rings. The summed E-state index contributed by atoms with van der Waals surface area (Å²) in [6.45, 7) is 0. The van der Waals surface area contributed by atoms with Crippen molar-refractivity contribution in [3.05, 3.63) is 150 Å². The van der Waals surface area contributed by atoms with Gasteiger partial charge in [0.15, 0.2) is 17.5 Å². The zero-order valence-corrected chi connectivity index (χ0v) is 22.4. The Hall–Kier alpha value is -5.12. The third-order valence-electron chi connectivity index (χ3n) is 6.67. The molecule has 0 amide bonds. The lowest BCUT2D eigenvalue weighted by atomic mass is 9.95. The van der Waals surface area contributed by atoms with E-state index in [4.69, 9.17) is 32.0 Å². The molecule has 4 heteroatoms. The number of fused-ring (bicyclic) bond motifs is 1. The van der Waals surface area contributed by atoms with Crippen molar-refractivity contribution in [3.8, 4) is 56.4 Å². The molecule has 0 spiro atoms. The van der Waals surface area contributed by atoms with Crippen LogP contribution >= 0.6 is 11.6 Å². The van der Waals surface area contributed by atoms with E-state index in [1.165, 1.54) is 0 Å². The first kappa shape index (κ1) is 19.0. The monoisotopic (exact) mass is 551 g/mol. The zero-order valence-electron chi connectivity index (χ0n) is 27.6. The molecule has 6 aromatic carbocycles. The molecule has 0 unspecified atom stereocenters. The van der Waals surface area contributed by atoms with E-state index in [1.54, 1.807) is 24.3 Å². The van der Waals surface area contributed by atoms with Gasteiger partial charge in [0.2, 0.25) is 0 Å². The van der Waals surface area contributed by atoms with Gasteiger partial charge in [-0.15, -0.1) is 0 Å². The van der Waals surface area contributed by atoms with Crippen molar-refractivity contribution < 1.29 is 8.22 Å². The largest absolute Gasteiger partial charge is 0.208 e. The molecular weight excluding hydrogens is 522 g/mol. The zero-order chi connectivity index (χ0) is 32.8. The van der Waals surface area contributed by atoms with E-state index < -0.39 is 12.1 Å². The molecule has 0 aliphatic rings. The van der Waals surface area contributed by atoms with Crippen molar-refractivity contribution >= 4 is 22.4 Å². The van der Waals surface area contributed by atoms with Gasteiger partial charge in [0.25, 0.3) is 0 Å². The van der Waals surface area contributed by atoms with Gasteiger partial charge in [-0.25, -0.2) is 15.0 Å². The number of halogens is 1. The predicted molar refractivity (Wildman–Crippen MR) is 170 cm³/mol. The topological polar surface area (TPSA) is 38.7 Å². The molecule has 0 bridgehead atoms. The van der Waals surface area contributed by atoms with E-state index in [1.807, 2.05) is 84.9 Å². The van der Waals surface area contributed by atoms with Crippen LogP contribution in [-0.2, 0) is 0 Å². The van der Waals surface area contributed by atoms with Crippen molar-refractivity contribution in [1.82, 2.24) is 15.0 Å². The van der Waals surface area contributed by atoms with Crippen molar-refractivity contribution in [2.24, 2.45) is 0 Å². The number of hydrogen-bond donors (Lipinski definition) is 0. The third-order valence-corrected chi connectivity index (χ3v) is 6.90.